The van der Waals surface area contributed by atoms with Crippen LogP contribution in [0, 0.1) is 5.82 Å². The second kappa shape index (κ2) is 9.78. The van der Waals surface area contributed by atoms with E-state index >= 15 is 0 Å². The number of H-pyrrole nitrogens is 1. The van der Waals surface area contributed by atoms with Crippen molar-refractivity contribution in [1.29, 1.82) is 0 Å². The highest BCUT2D eigenvalue weighted by atomic mass is 19.1. The van der Waals surface area contributed by atoms with Crippen LogP contribution < -0.4 is 20.3 Å². The van der Waals surface area contributed by atoms with Gasteiger partial charge >= 0.3 is 6.09 Å². The number of pyridine rings is 1. The summed E-state index contributed by atoms with van der Waals surface area (Å²) in [4.78, 5) is 27.3. The van der Waals surface area contributed by atoms with Crippen molar-refractivity contribution in [3.05, 3.63) is 64.2 Å². The van der Waals surface area contributed by atoms with Crippen LogP contribution in [0.2, 0.25) is 0 Å². The largest absolute Gasteiger partial charge is 0.493 e. The Morgan fingerprint density at radius 1 is 1.17 bits per heavy atom. The van der Waals surface area contributed by atoms with E-state index in [4.69, 9.17) is 14.2 Å². The second-order valence-electron chi connectivity index (χ2n) is 6.59. The lowest BCUT2D eigenvalue weighted by Gasteiger charge is -2.14. The highest BCUT2D eigenvalue weighted by molar-refractivity contribution is 5.88. The fourth-order valence-electron chi connectivity index (χ4n) is 2.84. The number of carbonyl (C=O) groups is 1. The first kappa shape index (κ1) is 21.2. The fourth-order valence-corrected chi connectivity index (χ4v) is 2.84. The Morgan fingerprint density at radius 2 is 1.93 bits per heavy atom. The predicted molar refractivity (Wildman–Crippen MR) is 112 cm³/mol. The SMILES string of the molecule is CCCCOc1c(OC)ccc2cc(COC(=O)Nc3ccc(F)cc3)c(=O)[nH]c12. The lowest BCUT2D eigenvalue weighted by molar-refractivity contribution is 0.154. The molecule has 0 bridgehead atoms. The maximum absolute atomic E-state index is 12.9. The minimum Gasteiger partial charge on any atom is -0.493 e. The molecule has 1 heterocycles. The quantitative estimate of drug-likeness (QED) is 0.526. The number of fused-ring (bicyclic) bond motifs is 1. The first-order valence-corrected chi connectivity index (χ1v) is 9.57. The highest BCUT2D eigenvalue weighted by Crippen LogP contribution is 2.34. The van der Waals surface area contributed by atoms with Crippen LogP contribution in [0.4, 0.5) is 14.9 Å². The minimum atomic E-state index is -0.751. The molecule has 3 aromatic rings. The summed E-state index contributed by atoms with van der Waals surface area (Å²) in [7, 11) is 1.54. The average molecular weight is 414 g/mol. The van der Waals surface area contributed by atoms with Gasteiger partial charge in [0.1, 0.15) is 12.4 Å². The van der Waals surface area contributed by atoms with Gasteiger partial charge in [0.2, 0.25) is 0 Å². The van der Waals surface area contributed by atoms with E-state index in [9.17, 15) is 14.0 Å². The van der Waals surface area contributed by atoms with E-state index in [0.29, 0.717) is 29.3 Å². The normalized spacial score (nSPS) is 10.6. The molecular formula is C22H23FN2O5. The standard InChI is InChI=1S/C22H23FN2O5/c1-3-4-11-29-20-18(28-2)10-5-14-12-15(21(26)25-19(14)20)13-30-22(27)24-17-8-6-16(23)7-9-17/h5-10,12H,3-4,11,13H2,1-2H3,(H,24,27)(H,25,26). The lowest BCUT2D eigenvalue weighted by atomic mass is 10.1. The number of amides is 1. The molecule has 1 amide bonds. The molecule has 7 nitrogen and oxygen atoms in total. The smallest absolute Gasteiger partial charge is 0.411 e. The summed E-state index contributed by atoms with van der Waals surface area (Å²) in [5, 5.41) is 3.19. The van der Waals surface area contributed by atoms with Crippen molar-refractivity contribution in [3.63, 3.8) is 0 Å². The maximum atomic E-state index is 12.9. The molecule has 0 aliphatic rings. The van der Waals surface area contributed by atoms with Crippen LogP contribution in [0.25, 0.3) is 10.9 Å². The number of aromatic amines is 1. The van der Waals surface area contributed by atoms with Gasteiger partial charge in [-0.1, -0.05) is 13.3 Å². The number of hydrogen-bond donors (Lipinski definition) is 2. The van der Waals surface area contributed by atoms with Gasteiger partial charge in [0.05, 0.1) is 24.8 Å². The molecule has 158 valence electrons. The van der Waals surface area contributed by atoms with Crippen LogP contribution in [0.15, 0.2) is 47.3 Å². The van der Waals surface area contributed by atoms with Crippen LogP contribution in [0.1, 0.15) is 25.3 Å². The van der Waals surface area contributed by atoms with Gasteiger partial charge in [0.25, 0.3) is 5.56 Å². The van der Waals surface area contributed by atoms with Gasteiger partial charge in [-0.2, -0.15) is 0 Å². The number of hydrogen-bond acceptors (Lipinski definition) is 5. The number of rotatable bonds is 8. The van der Waals surface area contributed by atoms with Crippen LogP contribution >= 0.6 is 0 Å². The van der Waals surface area contributed by atoms with Crippen LogP contribution in [-0.2, 0) is 11.3 Å². The fraction of sp³-hybridized carbons (Fsp3) is 0.273. The zero-order chi connectivity index (χ0) is 21.5. The number of unbranched alkanes of at least 4 members (excludes halogenated alkanes) is 1. The number of nitrogens with one attached hydrogen (secondary N) is 2. The molecule has 0 atom stereocenters. The molecule has 8 heteroatoms. The highest BCUT2D eigenvalue weighted by Gasteiger charge is 2.14. The Labute approximate surface area is 172 Å². The number of methoxy groups -OCH3 is 1. The molecule has 0 saturated heterocycles. The maximum Gasteiger partial charge on any atom is 0.411 e. The van der Waals surface area contributed by atoms with E-state index in [2.05, 4.69) is 17.2 Å². The molecule has 0 aliphatic carbocycles. The predicted octanol–water partition coefficient (Wildman–Crippen LogP) is 4.60. The van der Waals surface area contributed by atoms with Gasteiger partial charge in [-0.25, -0.2) is 9.18 Å². The first-order chi connectivity index (χ1) is 14.5. The number of carbonyl (C=O) groups excluding carboxylic acids is 1. The van der Waals surface area contributed by atoms with Crippen LogP contribution in [0.3, 0.4) is 0 Å². The van der Waals surface area contributed by atoms with Gasteiger partial charge < -0.3 is 19.2 Å². The zero-order valence-electron chi connectivity index (χ0n) is 16.8. The third-order valence-electron chi connectivity index (χ3n) is 4.43. The zero-order valence-corrected chi connectivity index (χ0v) is 16.8. The molecule has 1 aromatic heterocycles. The Bertz CT molecular complexity index is 1080. The Balaban J connectivity index is 1.76. The van der Waals surface area contributed by atoms with Gasteiger partial charge in [-0.05, 0) is 48.9 Å². The molecule has 2 aromatic carbocycles. The number of benzene rings is 2. The first-order valence-electron chi connectivity index (χ1n) is 9.57. The van der Waals surface area contributed by atoms with Crippen molar-refractivity contribution in [1.82, 2.24) is 4.98 Å². The molecule has 0 radical (unpaired) electrons. The molecule has 30 heavy (non-hydrogen) atoms. The van der Waals surface area contributed by atoms with Crippen molar-refractivity contribution in [3.8, 4) is 11.5 Å². The van der Waals surface area contributed by atoms with E-state index < -0.39 is 17.5 Å². The third-order valence-corrected chi connectivity index (χ3v) is 4.43. The molecule has 0 saturated carbocycles. The van der Waals surface area contributed by atoms with Crippen molar-refractivity contribution in [2.45, 2.75) is 26.4 Å². The molecule has 3 rings (SSSR count). The van der Waals surface area contributed by atoms with E-state index in [1.807, 2.05) is 0 Å². The minimum absolute atomic E-state index is 0.226. The number of anilines is 1. The summed E-state index contributed by atoms with van der Waals surface area (Å²) >= 11 is 0. The van der Waals surface area contributed by atoms with Gasteiger partial charge in [0.15, 0.2) is 11.5 Å². The molecule has 0 aliphatic heterocycles. The van der Waals surface area contributed by atoms with Crippen molar-refractivity contribution in [2.24, 2.45) is 0 Å². The van der Waals surface area contributed by atoms with Crippen molar-refractivity contribution >= 4 is 22.7 Å². The van der Waals surface area contributed by atoms with Gasteiger partial charge in [-0.3, -0.25) is 10.1 Å². The summed E-state index contributed by atoms with van der Waals surface area (Å²) in [6.07, 6.45) is 1.10. The monoisotopic (exact) mass is 414 g/mol. The van der Waals surface area contributed by atoms with Crippen molar-refractivity contribution < 1.29 is 23.4 Å². The van der Waals surface area contributed by atoms with Gasteiger partial charge in [0, 0.05) is 11.1 Å². The second-order valence-corrected chi connectivity index (χ2v) is 6.59. The summed E-state index contributed by atoms with van der Waals surface area (Å²) in [5.41, 5.74) is 0.789. The Morgan fingerprint density at radius 3 is 2.63 bits per heavy atom. The van der Waals surface area contributed by atoms with Crippen LogP contribution in [-0.4, -0.2) is 24.8 Å². The molecule has 0 unspecified atom stereocenters. The van der Waals surface area contributed by atoms with Gasteiger partial charge in [-0.15, -0.1) is 0 Å². The van der Waals surface area contributed by atoms with E-state index in [-0.39, 0.29) is 12.2 Å². The molecular weight excluding hydrogens is 391 g/mol. The van der Waals surface area contributed by atoms with Crippen molar-refractivity contribution in [2.75, 3.05) is 19.0 Å². The summed E-state index contributed by atoms with van der Waals surface area (Å²) in [5.74, 6) is 0.588. The molecule has 0 fully saturated rings. The summed E-state index contributed by atoms with van der Waals surface area (Å²) in [6.45, 7) is 2.34. The number of ether oxygens (including phenoxy) is 3. The molecule has 2 N–H and O–H groups in total. The summed E-state index contributed by atoms with van der Waals surface area (Å²) in [6, 6.07) is 10.5. The topological polar surface area (TPSA) is 89.7 Å². The average Bonchev–Trinajstić information content (AvgIpc) is 2.74. The van der Waals surface area contributed by atoms with Crippen LogP contribution in [0.5, 0.6) is 11.5 Å². The third kappa shape index (κ3) is 5.08. The summed E-state index contributed by atoms with van der Waals surface area (Å²) < 4.78 is 29.2. The number of halogens is 1. The Kier molecular flexibility index (Phi) is 6.90. The number of aromatic nitrogens is 1. The van der Waals surface area contributed by atoms with E-state index in [0.717, 1.165) is 18.2 Å². The Hall–Kier alpha value is -3.55. The molecule has 0 spiro atoms. The van der Waals surface area contributed by atoms with E-state index in [1.165, 1.54) is 31.4 Å². The lowest BCUT2D eigenvalue weighted by Crippen LogP contribution is -2.18. The van der Waals surface area contributed by atoms with E-state index in [1.54, 1.807) is 18.2 Å².